The van der Waals surface area contributed by atoms with Crippen molar-refractivity contribution in [2.45, 2.75) is 18.4 Å². The summed E-state index contributed by atoms with van der Waals surface area (Å²) in [5.41, 5.74) is 1.62. The first kappa shape index (κ1) is 17.7. The predicted molar refractivity (Wildman–Crippen MR) is 103 cm³/mol. The van der Waals surface area contributed by atoms with Gasteiger partial charge in [-0.15, -0.1) is 6.58 Å². The van der Waals surface area contributed by atoms with Crippen LogP contribution in [0.5, 0.6) is 0 Å². The summed E-state index contributed by atoms with van der Waals surface area (Å²) in [5.74, 6) is 0. The van der Waals surface area contributed by atoms with Gasteiger partial charge in [0.25, 0.3) is 10.0 Å². The molecule has 0 aliphatic heterocycles. The van der Waals surface area contributed by atoms with E-state index >= 15 is 0 Å². The molecule has 25 heavy (non-hydrogen) atoms. The average Bonchev–Trinajstić information content (AvgIpc) is 2.85. The van der Waals surface area contributed by atoms with Crippen molar-refractivity contribution in [2.75, 3.05) is 4.72 Å². The number of nitrogens with zero attached hydrogens (tertiary/aromatic N) is 1. The lowest BCUT2D eigenvalue weighted by molar-refractivity contribution is 0.600. The smallest absolute Gasteiger partial charge is 0.295 e. The van der Waals surface area contributed by atoms with Gasteiger partial charge in [0.15, 0.2) is 0 Å². The van der Waals surface area contributed by atoms with Crippen molar-refractivity contribution in [3.8, 4) is 0 Å². The normalized spacial score (nSPS) is 11.6. The van der Waals surface area contributed by atoms with Crippen LogP contribution in [0.2, 0.25) is 5.02 Å². The highest BCUT2D eigenvalue weighted by molar-refractivity contribution is 7.92. The number of nitrogens with one attached hydrogen (secondary N) is 1. The van der Waals surface area contributed by atoms with Gasteiger partial charge >= 0.3 is 4.87 Å². The number of halogens is 1. The van der Waals surface area contributed by atoms with E-state index in [1.807, 2.05) is 0 Å². The van der Waals surface area contributed by atoms with Gasteiger partial charge in [-0.05, 0) is 42.8 Å². The van der Waals surface area contributed by atoms with Crippen molar-refractivity contribution >= 4 is 48.9 Å². The van der Waals surface area contributed by atoms with E-state index in [0.717, 1.165) is 16.9 Å². The Morgan fingerprint density at radius 2 is 2.08 bits per heavy atom. The first-order valence-corrected chi connectivity index (χ1v) is 10.0. The Balaban J connectivity index is 2.01. The van der Waals surface area contributed by atoms with Crippen LogP contribution in [-0.2, 0) is 16.6 Å². The molecule has 0 saturated carbocycles. The van der Waals surface area contributed by atoms with Crippen LogP contribution in [0.25, 0.3) is 10.2 Å². The van der Waals surface area contributed by atoms with Gasteiger partial charge < -0.3 is 0 Å². The summed E-state index contributed by atoms with van der Waals surface area (Å²) in [6, 6.07) is 9.74. The van der Waals surface area contributed by atoms with Gasteiger partial charge in [-0.25, -0.2) is 8.42 Å². The molecule has 8 heteroatoms. The van der Waals surface area contributed by atoms with Gasteiger partial charge in [0.1, 0.15) is 0 Å². The van der Waals surface area contributed by atoms with Crippen molar-refractivity contribution in [3.05, 3.63) is 69.3 Å². The lowest BCUT2D eigenvalue weighted by Gasteiger charge is -2.11. The van der Waals surface area contributed by atoms with Gasteiger partial charge in [-0.3, -0.25) is 14.1 Å². The van der Waals surface area contributed by atoms with Crippen LogP contribution in [0, 0.1) is 6.92 Å². The lowest BCUT2D eigenvalue weighted by atomic mass is 10.2. The molecule has 0 atom stereocenters. The number of anilines is 1. The Hall–Kier alpha value is -2.09. The standard InChI is InChI=1S/C17H15ClN2O3S2/c1-3-9-20-14-8-7-12(10-15(14)24-17(20)21)19-25(22,23)16-6-4-5-13(18)11(16)2/h3-8,10,19H,1,9H2,2H3. The molecule has 1 heterocycles. The van der Waals surface area contributed by atoms with E-state index in [0.29, 0.717) is 27.5 Å². The second kappa shape index (κ2) is 6.67. The highest BCUT2D eigenvalue weighted by atomic mass is 35.5. The molecule has 1 N–H and O–H groups in total. The SMILES string of the molecule is C=CCn1c(=O)sc2cc(NS(=O)(=O)c3cccc(Cl)c3C)ccc21. The van der Waals surface area contributed by atoms with Gasteiger partial charge in [0.2, 0.25) is 0 Å². The monoisotopic (exact) mass is 394 g/mol. The third kappa shape index (κ3) is 3.35. The Bertz CT molecular complexity index is 1130. The minimum Gasteiger partial charge on any atom is -0.295 e. The summed E-state index contributed by atoms with van der Waals surface area (Å²) in [6.07, 6.45) is 1.64. The summed E-state index contributed by atoms with van der Waals surface area (Å²) in [6.45, 7) is 5.70. The van der Waals surface area contributed by atoms with Gasteiger partial charge in [-0.1, -0.05) is 35.1 Å². The number of allylic oxidation sites excluding steroid dienone is 1. The largest absolute Gasteiger partial charge is 0.308 e. The van der Waals surface area contributed by atoms with Gasteiger partial charge in [0.05, 0.1) is 20.8 Å². The molecule has 2 aromatic carbocycles. The topological polar surface area (TPSA) is 68.2 Å². The van der Waals surface area contributed by atoms with E-state index in [9.17, 15) is 13.2 Å². The maximum atomic E-state index is 12.6. The fourth-order valence-corrected chi connectivity index (χ4v) is 5.01. The predicted octanol–water partition coefficient (Wildman–Crippen LogP) is 4.01. The molecule has 3 aromatic rings. The van der Waals surface area contributed by atoms with Crippen molar-refractivity contribution in [1.82, 2.24) is 4.57 Å². The van der Waals surface area contributed by atoms with E-state index < -0.39 is 10.0 Å². The van der Waals surface area contributed by atoms with E-state index in [-0.39, 0.29) is 9.77 Å². The number of fused-ring (bicyclic) bond motifs is 1. The Kier molecular flexibility index (Phi) is 4.73. The molecular weight excluding hydrogens is 380 g/mol. The molecule has 0 fully saturated rings. The minimum absolute atomic E-state index is 0.111. The number of hydrogen-bond acceptors (Lipinski definition) is 4. The van der Waals surface area contributed by atoms with Gasteiger partial charge in [-0.2, -0.15) is 0 Å². The molecular formula is C17H15ClN2O3S2. The molecule has 130 valence electrons. The van der Waals surface area contributed by atoms with E-state index in [2.05, 4.69) is 11.3 Å². The van der Waals surface area contributed by atoms with Gasteiger partial charge in [0, 0.05) is 11.6 Å². The molecule has 0 bridgehead atoms. The summed E-state index contributed by atoms with van der Waals surface area (Å²) in [7, 11) is -3.78. The number of thiazole rings is 1. The van der Waals surface area contributed by atoms with Crippen LogP contribution >= 0.6 is 22.9 Å². The van der Waals surface area contributed by atoms with Crippen LogP contribution < -0.4 is 9.60 Å². The van der Waals surface area contributed by atoms with Crippen LogP contribution in [0.15, 0.2) is 58.7 Å². The van der Waals surface area contributed by atoms with E-state index in [4.69, 9.17) is 11.6 Å². The maximum Gasteiger partial charge on any atom is 0.308 e. The molecule has 3 rings (SSSR count). The highest BCUT2D eigenvalue weighted by Gasteiger charge is 2.19. The molecule has 0 unspecified atom stereocenters. The number of sulfonamides is 1. The Labute approximate surface area is 154 Å². The third-order valence-electron chi connectivity index (χ3n) is 3.74. The van der Waals surface area contributed by atoms with E-state index in [1.165, 1.54) is 6.07 Å². The Morgan fingerprint density at radius 1 is 1.32 bits per heavy atom. The van der Waals surface area contributed by atoms with Crippen LogP contribution in [0.1, 0.15) is 5.56 Å². The second-order valence-electron chi connectivity index (χ2n) is 5.42. The minimum atomic E-state index is -3.78. The first-order valence-electron chi connectivity index (χ1n) is 7.35. The number of benzene rings is 2. The Morgan fingerprint density at radius 3 is 2.80 bits per heavy atom. The molecule has 0 aliphatic rings. The van der Waals surface area contributed by atoms with Crippen molar-refractivity contribution < 1.29 is 8.42 Å². The molecule has 0 saturated heterocycles. The summed E-state index contributed by atoms with van der Waals surface area (Å²) < 4.78 is 30.1. The quantitative estimate of drug-likeness (QED) is 0.665. The molecule has 0 amide bonds. The molecule has 0 radical (unpaired) electrons. The zero-order chi connectivity index (χ0) is 18.2. The van der Waals surface area contributed by atoms with Crippen LogP contribution in [-0.4, -0.2) is 13.0 Å². The highest BCUT2D eigenvalue weighted by Crippen LogP contribution is 2.27. The number of aromatic nitrogens is 1. The fraction of sp³-hybridized carbons (Fsp3) is 0.118. The first-order chi connectivity index (χ1) is 11.8. The fourth-order valence-electron chi connectivity index (χ4n) is 2.52. The number of rotatable bonds is 5. The second-order valence-corrected chi connectivity index (χ2v) is 8.47. The maximum absolute atomic E-state index is 12.6. The summed E-state index contributed by atoms with van der Waals surface area (Å²) in [4.78, 5) is 12.0. The van der Waals surface area contributed by atoms with Crippen molar-refractivity contribution in [3.63, 3.8) is 0 Å². The zero-order valence-electron chi connectivity index (χ0n) is 13.3. The molecule has 1 aromatic heterocycles. The van der Waals surface area contributed by atoms with Crippen LogP contribution in [0.4, 0.5) is 5.69 Å². The third-order valence-corrected chi connectivity index (χ3v) is 6.62. The average molecular weight is 395 g/mol. The number of hydrogen-bond donors (Lipinski definition) is 1. The van der Waals surface area contributed by atoms with Crippen LogP contribution in [0.3, 0.4) is 0 Å². The molecule has 0 spiro atoms. The van der Waals surface area contributed by atoms with Crippen molar-refractivity contribution in [1.29, 1.82) is 0 Å². The molecule has 5 nitrogen and oxygen atoms in total. The summed E-state index contributed by atoms with van der Waals surface area (Å²) >= 11 is 7.08. The lowest BCUT2D eigenvalue weighted by Crippen LogP contribution is -2.14. The van der Waals surface area contributed by atoms with E-state index in [1.54, 1.807) is 47.9 Å². The van der Waals surface area contributed by atoms with Crippen molar-refractivity contribution in [2.24, 2.45) is 0 Å². The summed E-state index contributed by atoms with van der Waals surface area (Å²) in [5, 5.41) is 0.387. The molecule has 0 aliphatic carbocycles. The zero-order valence-corrected chi connectivity index (χ0v) is 15.7.